The fourth-order valence-electron chi connectivity index (χ4n) is 3.59. The number of amides is 1. The lowest BCUT2D eigenvalue weighted by Gasteiger charge is -2.08. The molecule has 2 heterocycles. The zero-order valence-corrected chi connectivity index (χ0v) is 17.4. The van der Waals surface area contributed by atoms with Crippen LogP contribution in [0.1, 0.15) is 16.8 Å². The molecular formula is C23H21N5O3. The van der Waals surface area contributed by atoms with E-state index in [0.29, 0.717) is 5.65 Å². The zero-order chi connectivity index (χ0) is 22.1. The number of carbonyl (C=O) groups excluding carboxylic acids is 1. The van der Waals surface area contributed by atoms with Crippen molar-refractivity contribution in [3.8, 4) is 11.1 Å². The first-order valence-corrected chi connectivity index (χ1v) is 9.77. The molecule has 31 heavy (non-hydrogen) atoms. The molecule has 0 aliphatic carbocycles. The fraction of sp³-hybridized carbons (Fsp3) is 0.174. The minimum atomic E-state index is -0.508. The van der Waals surface area contributed by atoms with Crippen molar-refractivity contribution < 1.29 is 9.72 Å². The van der Waals surface area contributed by atoms with Gasteiger partial charge < -0.3 is 5.32 Å². The van der Waals surface area contributed by atoms with E-state index in [0.717, 1.165) is 27.8 Å². The van der Waals surface area contributed by atoms with Crippen LogP contribution < -0.4 is 5.32 Å². The summed E-state index contributed by atoms with van der Waals surface area (Å²) in [5.74, 6) is -0.418. The Hall–Kier alpha value is -4.07. The van der Waals surface area contributed by atoms with Gasteiger partial charge in [-0.3, -0.25) is 14.9 Å². The molecule has 4 aromatic rings. The lowest BCUT2D eigenvalue weighted by atomic mass is 10.0. The monoisotopic (exact) mass is 415 g/mol. The number of anilines is 1. The molecular weight excluding hydrogens is 394 g/mol. The highest BCUT2D eigenvalue weighted by atomic mass is 16.6. The Morgan fingerprint density at radius 3 is 2.48 bits per heavy atom. The van der Waals surface area contributed by atoms with Crippen LogP contribution >= 0.6 is 0 Å². The Morgan fingerprint density at radius 1 is 1.06 bits per heavy atom. The van der Waals surface area contributed by atoms with E-state index in [1.807, 2.05) is 44.2 Å². The number of rotatable bonds is 5. The first-order chi connectivity index (χ1) is 14.8. The van der Waals surface area contributed by atoms with Gasteiger partial charge in [0.05, 0.1) is 10.6 Å². The second-order valence-corrected chi connectivity index (χ2v) is 7.49. The first kappa shape index (κ1) is 20.2. The van der Waals surface area contributed by atoms with Crippen molar-refractivity contribution in [2.45, 2.75) is 27.3 Å². The van der Waals surface area contributed by atoms with E-state index in [1.54, 1.807) is 19.2 Å². The Balaban J connectivity index is 1.66. The third kappa shape index (κ3) is 4.00. The third-order valence-electron chi connectivity index (χ3n) is 5.09. The van der Waals surface area contributed by atoms with Crippen LogP contribution in [0.3, 0.4) is 0 Å². The summed E-state index contributed by atoms with van der Waals surface area (Å²) >= 11 is 0. The molecule has 2 aromatic heterocycles. The molecule has 1 N–H and O–H groups in total. The van der Waals surface area contributed by atoms with Crippen molar-refractivity contribution in [1.82, 2.24) is 14.8 Å². The van der Waals surface area contributed by atoms with Crippen molar-refractivity contribution >= 4 is 28.3 Å². The van der Waals surface area contributed by atoms with Crippen LogP contribution in [0.5, 0.6) is 0 Å². The Bertz CT molecular complexity index is 1310. The number of nitro benzene ring substituents is 1. The van der Waals surface area contributed by atoms with E-state index in [2.05, 4.69) is 15.4 Å². The molecule has 0 saturated carbocycles. The molecule has 0 atom stereocenters. The summed E-state index contributed by atoms with van der Waals surface area (Å²) in [5, 5.41) is 19.3. The number of aromatic nitrogens is 3. The van der Waals surface area contributed by atoms with Crippen LogP contribution in [0.4, 0.5) is 11.4 Å². The van der Waals surface area contributed by atoms with E-state index in [-0.39, 0.29) is 17.9 Å². The van der Waals surface area contributed by atoms with Crippen molar-refractivity contribution in [3.63, 3.8) is 0 Å². The average molecular weight is 415 g/mol. The van der Waals surface area contributed by atoms with Gasteiger partial charge in [0.15, 0.2) is 5.65 Å². The maximum absolute atomic E-state index is 12.7. The lowest BCUT2D eigenvalue weighted by Crippen LogP contribution is -2.20. The first-order valence-electron chi connectivity index (χ1n) is 9.77. The summed E-state index contributed by atoms with van der Waals surface area (Å²) in [4.78, 5) is 27.9. The van der Waals surface area contributed by atoms with Gasteiger partial charge in [-0.05, 0) is 49.6 Å². The van der Waals surface area contributed by atoms with Crippen LogP contribution in [0.2, 0.25) is 0 Å². The summed E-state index contributed by atoms with van der Waals surface area (Å²) in [7, 11) is 0. The minimum Gasteiger partial charge on any atom is -0.319 e. The largest absolute Gasteiger partial charge is 0.319 e. The van der Waals surface area contributed by atoms with Gasteiger partial charge in [0.1, 0.15) is 12.2 Å². The van der Waals surface area contributed by atoms with Crippen LogP contribution in [0.25, 0.3) is 22.2 Å². The van der Waals surface area contributed by atoms with E-state index >= 15 is 0 Å². The highest BCUT2D eigenvalue weighted by Crippen LogP contribution is 2.30. The molecule has 0 aliphatic rings. The summed E-state index contributed by atoms with van der Waals surface area (Å²) < 4.78 is 1.53. The summed E-state index contributed by atoms with van der Waals surface area (Å²) in [5.41, 5.74) is 5.30. The topological polar surface area (TPSA) is 103 Å². The average Bonchev–Trinajstić information content (AvgIpc) is 3.05. The van der Waals surface area contributed by atoms with Crippen LogP contribution in [0.15, 0.2) is 54.7 Å². The minimum absolute atomic E-state index is 0.111. The van der Waals surface area contributed by atoms with E-state index in [4.69, 9.17) is 0 Å². The molecule has 0 radical (unpaired) electrons. The normalized spacial score (nSPS) is 10.9. The van der Waals surface area contributed by atoms with Crippen LogP contribution in [-0.2, 0) is 11.3 Å². The Morgan fingerprint density at radius 2 is 1.77 bits per heavy atom. The van der Waals surface area contributed by atoms with Gasteiger partial charge in [-0.1, -0.05) is 35.9 Å². The van der Waals surface area contributed by atoms with Crippen molar-refractivity contribution in [1.29, 1.82) is 0 Å². The molecule has 0 spiro atoms. The Labute approximate surface area is 178 Å². The van der Waals surface area contributed by atoms with Gasteiger partial charge in [-0.25, -0.2) is 9.67 Å². The molecule has 2 aromatic carbocycles. The molecule has 8 nitrogen and oxygen atoms in total. The van der Waals surface area contributed by atoms with Crippen molar-refractivity contribution in [2.24, 2.45) is 0 Å². The number of hydrogen-bond donors (Lipinski definition) is 1. The van der Waals surface area contributed by atoms with Gasteiger partial charge in [0.2, 0.25) is 5.91 Å². The molecule has 0 saturated heterocycles. The molecule has 0 unspecified atom stereocenters. The molecule has 8 heteroatoms. The number of fused-ring (bicyclic) bond motifs is 1. The van der Waals surface area contributed by atoms with Gasteiger partial charge in [-0.15, -0.1) is 0 Å². The number of nitrogens with one attached hydrogen (secondary N) is 1. The zero-order valence-electron chi connectivity index (χ0n) is 17.4. The number of carbonyl (C=O) groups is 1. The highest BCUT2D eigenvalue weighted by Gasteiger charge is 2.19. The molecule has 0 aliphatic heterocycles. The number of pyridine rings is 1. The van der Waals surface area contributed by atoms with E-state index in [1.165, 1.54) is 22.4 Å². The van der Waals surface area contributed by atoms with Gasteiger partial charge in [0.25, 0.3) is 5.69 Å². The second kappa shape index (κ2) is 7.98. The second-order valence-electron chi connectivity index (χ2n) is 7.49. The highest BCUT2D eigenvalue weighted by molar-refractivity contribution is 5.97. The molecule has 0 bridgehead atoms. The van der Waals surface area contributed by atoms with Gasteiger partial charge in [0, 0.05) is 17.6 Å². The fourth-order valence-corrected chi connectivity index (χ4v) is 3.59. The van der Waals surface area contributed by atoms with E-state index < -0.39 is 10.8 Å². The van der Waals surface area contributed by atoms with Gasteiger partial charge in [-0.2, -0.15) is 5.10 Å². The number of benzene rings is 2. The smallest absolute Gasteiger partial charge is 0.293 e. The standard InChI is InChI=1S/C23H21N5O3/c1-14-4-7-17(8-5-14)18-10-11-24-23-22(18)16(3)26-27(23)13-21(29)25-19-9-6-15(2)12-20(19)28(30)31/h4-12H,13H2,1-3H3,(H,25,29). The van der Waals surface area contributed by atoms with E-state index in [9.17, 15) is 14.9 Å². The summed E-state index contributed by atoms with van der Waals surface area (Å²) in [6.45, 7) is 5.56. The molecule has 156 valence electrons. The quantitative estimate of drug-likeness (QED) is 0.380. The maximum atomic E-state index is 12.7. The Kier molecular flexibility index (Phi) is 5.21. The maximum Gasteiger partial charge on any atom is 0.293 e. The number of nitrogens with zero attached hydrogens (tertiary/aromatic N) is 4. The summed E-state index contributed by atoms with van der Waals surface area (Å²) in [6, 6.07) is 14.8. The number of hydrogen-bond acceptors (Lipinski definition) is 5. The summed E-state index contributed by atoms with van der Waals surface area (Å²) in [6.07, 6.45) is 1.69. The third-order valence-corrected chi connectivity index (χ3v) is 5.09. The van der Waals surface area contributed by atoms with Gasteiger partial charge >= 0.3 is 0 Å². The predicted molar refractivity (Wildman–Crippen MR) is 119 cm³/mol. The van der Waals surface area contributed by atoms with Crippen LogP contribution in [-0.4, -0.2) is 25.6 Å². The lowest BCUT2D eigenvalue weighted by molar-refractivity contribution is -0.384. The molecule has 4 rings (SSSR count). The predicted octanol–water partition coefficient (Wildman–Crippen LogP) is 4.57. The van der Waals surface area contributed by atoms with Crippen molar-refractivity contribution in [2.75, 3.05) is 5.32 Å². The molecule has 1 amide bonds. The number of aryl methyl sites for hydroxylation is 3. The SMILES string of the molecule is Cc1ccc(-c2ccnc3c2c(C)nn3CC(=O)Nc2ccc(C)cc2[N+](=O)[O-])cc1. The molecule has 0 fully saturated rings. The van der Waals surface area contributed by atoms with Crippen LogP contribution in [0, 0.1) is 30.9 Å². The number of nitro groups is 1. The van der Waals surface area contributed by atoms with Crippen molar-refractivity contribution in [3.05, 3.63) is 81.7 Å².